The van der Waals surface area contributed by atoms with Crippen LogP contribution in [0.15, 0.2) is 0 Å². The van der Waals surface area contributed by atoms with Crippen LogP contribution >= 0.6 is 0 Å². The molecule has 2 bridgehead atoms. The standard InChI is InChI=1S/C14H21N5O7S.Na/c1-8(20)17-5-4-9(6-17)13(21)16-12(15)11-3-2-10-7-18(11)14(22)19(10)26-27(23,24)25;/h9-11H,2-7H2,1H3,(H2,15,16,21)(H,23,24,25);/q;+1/p-1/t9-,10-,11+;/m1./s1. The predicted octanol–water partition coefficient (Wildman–Crippen LogP) is -4.39. The molecule has 3 rings (SSSR count). The summed E-state index contributed by atoms with van der Waals surface area (Å²) in [6, 6.07) is -2.17. The Labute approximate surface area is 184 Å². The van der Waals surface area contributed by atoms with Crippen molar-refractivity contribution in [2.24, 2.45) is 5.92 Å². The van der Waals surface area contributed by atoms with Gasteiger partial charge in [0.1, 0.15) is 5.84 Å². The number of urea groups is 1. The first-order valence-electron chi connectivity index (χ1n) is 8.47. The molecule has 0 aromatic rings. The molecule has 3 heterocycles. The maximum Gasteiger partial charge on any atom is 1.00 e. The van der Waals surface area contributed by atoms with E-state index in [1.165, 1.54) is 11.8 Å². The van der Waals surface area contributed by atoms with E-state index in [0.29, 0.717) is 30.9 Å². The van der Waals surface area contributed by atoms with Crippen LogP contribution in [0.4, 0.5) is 4.79 Å². The molecule has 0 aromatic carbocycles. The molecule has 4 amide bonds. The number of carbonyl (C=O) groups excluding carboxylic acids is 3. The van der Waals surface area contributed by atoms with E-state index in [1.54, 1.807) is 4.90 Å². The van der Waals surface area contributed by atoms with E-state index in [-0.39, 0.29) is 54.4 Å². The number of amides is 4. The molecule has 3 aliphatic heterocycles. The van der Waals surface area contributed by atoms with Gasteiger partial charge < -0.3 is 19.7 Å². The minimum atomic E-state index is -5.09. The Bertz CT molecular complexity index is 791. The van der Waals surface area contributed by atoms with E-state index < -0.39 is 40.3 Å². The zero-order valence-corrected chi connectivity index (χ0v) is 18.4. The van der Waals surface area contributed by atoms with E-state index in [2.05, 4.69) is 9.60 Å². The number of nitrogens with one attached hydrogen (secondary N) is 2. The maximum atomic E-state index is 12.4. The molecule has 3 saturated heterocycles. The van der Waals surface area contributed by atoms with Crippen molar-refractivity contribution < 1.29 is 61.2 Å². The minimum Gasteiger partial charge on any atom is -0.724 e. The monoisotopic (exact) mass is 425 g/mol. The quantitative estimate of drug-likeness (QED) is 0.151. The van der Waals surface area contributed by atoms with Crippen LogP contribution in [0, 0.1) is 11.3 Å². The summed E-state index contributed by atoms with van der Waals surface area (Å²) in [6.07, 6.45) is 1.14. The van der Waals surface area contributed by atoms with Crippen molar-refractivity contribution in [3.05, 3.63) is 0 Å². The fraction of sp³-hybridized carbons (Fsp3) is 0.714. The van der Waals surface area contributed by atoms with Gasteiger partial charge in [-0.2, -0.15) is 9.35 Å². The van der Waals surface area contributed by atoms with Crippen LogP contribution in [0.3, 0.4) is 0 Å². The van der Waals surface area contributed by atoms with Crippen LogP contribution in [-0.4, -0.2) is 83.2 Å². The molecule has 0 aliphatic carbocycles. The molecule has 0 spiro atoms. The summed E-state index contributed by atoms with van der Waals surface area (Å²) in [7, 11) is -5.09. The van der Waals surface area contributed by atoms with Crippen LogP contribution in [-0.2, 0) is 24.3 Å². The first kappa shape index (κ1) is 23.0. The second kappa shape index (κ2) is 8.63. The van der Waals surface area contributed by atoms with Gasteiger partial charge >= 0.3 is 35.6 Å². The molecular formula is C14H20N5NaO7S. The molecule has 12 nitrogen and oxygen atoms in total. The molecule has 150 valence electrons. The van der Waals surface area contributed by atoms with Gasteiger partial charge in [0.2, 0.25) is 22.2 Å². The van der Waals surface area contributed by atoms with Gasteiger partial charge in [0.25, 0.3) is 0 Å². The average Bonchev–Trinajstić information content (AvgIpc) is 3.15. The fourth-order valence-corrected chi connectivity index (χ4v) is 4.09. The van der Waals surface area contributed by atoms with Gasteiger partial charge in [-0.05, 0) is 19.3 Å². The van der Waals surface area contributed by atoms with E-state index in [0.717, 1.165) is 0 Å². The number of amidine groups is 1. The summed E-state index contributed by atoms with van der Waals surface area (Å²) < 4.78 is 36.6. The van der Waals surface area contributed by atoms with Gasteiger partial charge in [-0.15, -0.1) is 0 Å². The minimum absolute atomic E-state index is 0. The van der Waals surface area contributed by atoms with Crippen LogP contribution < -0.4 is 34.9 Å². The predicted molar refractivity (Wildman–Crippen MR) is 87.8 cm³/mol. The van der Waals surface area contributed by atoms with Crippen molar-refractivity contribution in [1.82, 2.24) is 20.2 Å². The number of hydrogen-bond acceptors (Lipinski definition) is 8. The largest absolute Gasteiger partial charge is 1.00 e. The molecule has 3 atom stereocenters. The summed E-state index contributed by atoms with van der Waals surface area (Å²) in [5, 5.41) is 11.2. The number of rotatable bonds is 4. The van der Waals surface area contributed by atoms with E-state index in [1.807, 2.05) is 0 Å². The van der Waals surface area contributed by atoms with Crippen LogP contribution in [0.25, 0.3) is 0 Å². The summed E-state index contributed by atoms with van der Waals surface area (Å²) in [5.41, 5.74) is 0. The third kappa shape index (κ3) is 4.83. The Morgan fingerprint density at radius 2 is 1.93 bits per heavy atom. The van der Waals surface area contributed by atoms with Crippen molar-refractivity contribution in [3.8, 4) is 0 Å². The van der Waals surface area contributed by atoms with Gasteiger partial charge in [-0.1, -0.05) is 0 Å². The number of piperidine rings is 1. The Balaban J connectivity index is 0.00000280. The molecule has 0 saturated carbocycles. The van der Waals surface area contributed by atoms with Gasteiger partial charge in [-0.25, -0.2) is 13.2 Å². The third-order valence-corrected chi connectivity index (χ3v) is 5.43. The normalized spacial score (nSPS) is 26.9. The van der Waals surface area contributed by atoms with Crippen molar-refractivity contribution in [2.75, 3.05) is 19.6 Å². The van der Waals surface area contributed by atoms with Crippen molar-refractivity contribution in [2.45, 2.75) is 38.3 Å². The van der Waals surface area contributed by atoms with E-state index in [9.17, 15) is 27.4 Å². The smallest absolute Gasteiger partial charge is 0.724 e. The number of nitrogens with zero attached hydrogens (tertiary/aromatic N) is 3. The number of fused-ring (bicyclic) bond motifs is 2. The van der Waals surface area contributed by atoms with Crippen LogP contribution in [0.1, 0.15) is 26.2 Å². The second-order valence-electron chi connectivity index (χ2n) is 6.84. The molecule has 0 radical (unpaired) electrons. The number of hydroxylamine groups is 2. The van der Waals surface area contributed by atoms with Crippen molar-refractivity contribution in [1.29, 1.82) is 5.41 Å². The van der Waals surface area contributed by atoms with E-state index >= 15 is 0 Å². The molecule has 0 unspecified atom stereocenters. The molecule has 14 heteroatoms. The summed E-state index contributed by atoms with van der Waals surface area (Å²) >= 11 is 0. The number of hydrogen-bond donors (Lipinski definition) is 2. The first-order valence-corrected chi connectivity index (χ1v) is 9.80. The third-order valence-electron chi connectivity index (χ3n) is 5.09. The Morgan fingerprint density at radius 3 is 2.50 bits per heavy atom. The van der Waals surface area contributed by atoms with Crippen molar-refractivity contribution in [3.63, 3.8) is 0 Å². The first-order chi connectivity index (χ1) is 12.6. The summed E-state index contributed by atoms with van der Waals surface area (Å²) in [4.78, 5) is 38.8. The molecule has 3 aliphatic rings. The summed E-state index contributed by atoms with van der Waals surface area (Å²) in [6.45, 7) is 2.29. The molecule has 3 fully saturated rings. The zero-order chi connectivity index (χ0) is 19.9. The average molecular weight is 425 g/mol. The topological polar surface area (TPSA) is 163 Å². The molecule has 2 N–H and O–H groups in total. The Hall–Kier alpha value is -1.25. The molecule has 28 heavy (non-hydrogen) atoms. The second-order valence-corrected chi connectivity index (χ2v) is 7.81. The van der Waals surface area contributed by atoms with Gasteiger partial charge in [0.15, 0.2) is 0 Å². The van der Waals surface area contributed by atoms with Gasteiger partial charge in [0.05, 0.1) is 18.0 Å². The van der Waals surface area contributed by atoms with Gasteiger partial charge in [-0.3, -0.25) is 15.0 Å². The van der Waals surface area contributed by atoms with Gasteiger partial charge in [0, 0.05) is 26.6 Å². The number of carbonyl (C=O) groups is 3. The van der Waals surface area contributed by atoms with Crippen LogP contribution in [0.2, 0.25) is 0 Å². The molecule has 0 aromatic heterocycles. The van der Waals surface area contributed by atoms with Crippen molar-refractivity contribution >= 4 is 34.1 Å². The molecular weight excluding hydrogens is 405 g/mol. The number of likely N-dealkylation sites (tertiary alicyclic amines) is 1. The Morgan fingerprint density at radius 1 is 1.25 bits per heavy atom. The summed E-state index contributed by atoms with van der Waals surface area (Å²) in [5.74, 6) is -1.12. The zero-order valence-electron chi connectivity index (χ0n) is 15.6. The van der Waals surface area contributed by atoms with Crippen LogP contribution in [0.5, 0.6) is 0 Å². The Kier molecular flexibility index (Phi) is 7.10. The van der Waals surface area contributed by atoms with E-state index in [4.69, 9.17) is 5.41 Å². The maximum absolute atomic E-state index is 12.4. The fourth-order valence-electron chi connectivity index (χ4n) is 3.71. The SMILES string of the molecule is CC(=O)N1CC[C@@H](C(=O)NC(=N)[C@@H]2CC[C@@H]3CN2C(=O)N3OS(=O)(=O)[O-])C1.[Na+].